The molecule has 0 aliphatic carbocycles. The Balaban J connectivity index is 2.29. The van der Waals surface area contributed by atoms with E-state index in [0.717, 1.165) is 49.0 Å². The van der Waals surface area contributed by atoms with Gasteiger partial charge in [-0.25, -0.2) is 4.98 Å². The summed E-state index contributed by atoms with van der Waals surface area (Å²) in [6.45, 7) is 4.83. The fourth-order valence-electron chi connectivity index (χ4n) is 2.96. The molecule has 0 aliphatic rings. The highest BCUT2D eigenvalue weighted by Crippen LogP contribution is 2.33. The summed E-state index contributed by atoms with van der Waals surface area (Å²) in [6.07, 6.45) is 0. The average Bonchev–Trinajstić information content (AvgIpc) is 2.56. The molecule has 0 radical (unpaired) electrons. The lowest BCUT2D eigenvalue weighted by atomic mass is 10.1. The predicted molar refractivity (Wildman–Crippen MR) is 99.8 cm³/mol. The van der Waals surface area contributed by atoms with Gasteiger partial charge in [0.25, 0.3) is 0 Å². The zero-order chi connectivity index (χ0) is 16.0. The number of hydrogen-bond donors (Lipinski definition) is 1. The fraction of sp³-hybridized carbons (Fsp3) is 0.158. The highest BCUT2D eigenvalue weighted by Gasteiger charge is 2.14. The van der Waals surface area contributed by atoms with Crippen LogP contribution >= 0.6 is 11.3 Å². The van der Waals surface area contributed by atoms with Crippen LogP contribution in [0, 0.1) is 6.92 Å². The molecule has 114 valence electrons. The van der Waals surface area contributed by atoms with Crippen molar-refractivity contribution in [2.24, 2.45) is 0 Å². The van der Waals surface area contributed by atoms with Gasteiger partial charge in [-0.2, -0.15) is 0 Å². The second-order valence-electron chi connectivity index (χ2n) is 5.64. The van der Waals surface area contributed by atoms with E-state index in [9.17, 15) is 4.79 Å². The first-order chi connectivity index (χ1) is 11.2. The van der Waals surface area contributed by atoms with E-state index in [4.69, 9.17) is 4.98 Å². The van der Waals surface area contributed by atoms with Crippen LogP contribution < -0.4 is 10.7 Å². The minimum absolute atomic E-state index is 0.0928. The smallest absolute Gasteiger partial charge is 0.196 e. The van der Waals surface area contributed by atoms with Crippen molar-refractivity contribution in [3.8, 4) is 0 Å². The normalized spacial score (nSPS) is 11.4. The van der Waals surface area contributed by atoms with E-state index in [2.05, 4.69) is 5.32 Å². The number of nitrogens with one attached hydrogen (secondary N) is 1. The maximum atomic E-state index is 13.2. The number of para-hydroxylation sites is 1. The number of aromatic nitrogens is 1. The van der Waals surface area contributed by atoms with Crippen molar-refractivity contribution >= 4 is 48.2 Å². The molecule has 0 atom stereocenters. The number of nitrogens with zero attached hydrogens (tertiary/aromatic N) is 1. The van der Waals surface area contributed by atoms with Gasteiger partial charge in [-0.1, -0.05) is 29.8 Å². The molecule has 4 rings (SSSR count). The summed E-state index contributed by atoms with van der Waals surface area (Å²) in [5.41, 5.74) is 2.05. The zero-order valence-electron chi connectivity index (χ0n) is 13.0. The SMILES string of the molecule is CCNc1nc2ccccc2c2c(=O)c3cc(C)ccc3sc12. The summed E-state index contributed by atoms with van der Waals surface area (Å²) in [5, 5.41) is 5.80. The van der Waals surface area contributed by atoms with Crippen LogP contribution in [-0.2, 0) is 0 Å². The van der Waals surface area contributed by atoms with Crippen LogP contribution in [0.3, 0.4) is 0 Å². The van der Waals surface area contributed by atoms with E-state index < -0.39 is 0 Å². The molecule has 0 aliphatic heterocycles. The maximum Gasteiger partial charge on any atom is 0.196 e. The van der Waals surface area contributed by atoms with Crippen molar-refractivity contribution in [2.75, 3.05) is 11.9 Å². The summed E-state index contributed by atoms with van der Waals surface area (Å²) in [6, 6.07) is 13.9. The maximum absolute atomic E-state index is 13.2. The molecule has 4 heteroatoms. The first kappa shape index (κ1) is 14.2. The molecule has 0 saturated heterocycles. The average molecular weight is 320 g/mol. The fourth-order valence-corrected chi connectivity index (χ4v) is 4.10. The van der Waals surface area contributed by atoms with Crippen molar-refractivity contribution in [3.63, 3.8) is 0 Å². The van der Waals surface area contributed by atoms with Crippen molar-refractivity contribution in [2.45, 2.75) is 13.8 Å². The number of pyridine rings is 1. The Morgan fingerprint density at radius 2 is 1.96 bits per heavy atom. The molecule has 0 bridgehead atoms. The van der Waals surface area contributed by atoms with Crippen molar-refractivity contribution in [3.05, 3.63) is 58.3 Å². The van der Waals surface area contributed by atoms with Gasteiger partial charge in [0, 0.05) is 22.0 Å². The zero-order valence-corrected chi connectivity index (χ0v) is 13.8. The molecular weight excluding hydrogens is 304 g/mol. The van der Waals surface area contributed by atoms with Crippen molar-refractivity contribution < 1.29 is 0 Å². The Morgan fingerprint density at radius 1 is 1.13 bits per heavy atom. The molecule has 1 N–H and O–H groups in total. The third kappa shape index (κ3) is 2.18. The minimum Gasteiger partial charge on any atom is -0.369 e. The number of anilines is 1. The Bertz CT molecular complexity index is 1110. The molecule has 2 heterocycles. The van der Waals surface area contributed by atoms with Gasteiger partial charge >= 0.3 is 0 Å². The van der Waals surface area contributed by atoms with Crippen LogP contribution in [0.1, 0.15) is 12.5 Å². The van der Waals surface area contributed by atoms with Gasteiger partial charge in [0.2, 0.25) is 0 Å². The molecule has 3 nitrogen and oxygen atoms in total. The Hall–Kier alpha value is -2.46. The predicted octanol–water partition coefficient (Wildman–Crippen LogP) is 4.70. The largest absolute Gasteiger partial charge is 0.369 e. The van der Waals surface area contributed by atoms with Crippen LogP contribution in [0.5, 0.6) is 0 Å². The summed E-state index contributed by atoms with van der Waals surface area (Å²) in [5.74, 6) is 0.797. The van der Waals surface area contributed by atoms with Crippen LogP contribution in [0.15, 0.2) is 47.3 Å². The second-order valence-corrected chi connectivity index (χ2v) is 6.70. The highest BCUT2D eigenvalue weighted by molar-refractivity contribution is 7.25. The highest BCUT2D eigenvalue weighted by atomic mass is 32.1. The summed E-state index contributed by atoms with van der Waals surface area (Å²) >= 11 is 1.63. The van der Waals surface area contributed by atoms with Crippen LogP contribution in [0.4, 0.5) is 5.82 Å². The Morgan fingerprint density at radius 3 is 2.78 bits per heavy atom. The standard InChI is InChI=1S/C19H16N2OS/c1-3-20-19-18-16(12-6-4-5-7-14(12)21-19)17(22)13-10-11(2)8-9-15(13)23-18/h4-10H,3H2,1-2H3,(H,20,21). The number of hydrogen-bond acceptors (Lipinski definition) is 4. The molecule has 2 aromatic carbocycles. The van der Waals surface area contributed by atoms with Gasteiger partial charge in [-0.05, 0) is 32.0 Å². The first-order valence-corrected chi connectivity index (χ1v) is 8.50. The van der Waals surface area contributed by atoms with E-state index in [1.54, 1.807) is 11.3 Å². The van der Waals surface area contributed by atoms with E-state index in [1.807, 2.05) is 56.3 Å². The van der Waals surface area contributed by atoms with E-state index >= 15 is 0 Å². The molecule has 0 fully saturated rings. The van der Waals surface area contributed by atoms with Crippen LogP contribution in [0.25, 0.3) is 31.1 Å². The molecule has 2 aromatic heterocycles. The number of fused-ring (bicyclic) bond motifs is 4. The minimum atomic E-state index is 0.0928. The molecule has 0 spiro atoms. The molecule has 4 aromatic rings. The van der Waals surface area contributed by atoms with Gasteiger partial charge in [0.05, 0.1) is 15.6 Å². The van der Waals surface area contributed by atoms with Crippen molar-refractivity contribution in [1.82, 2.24) is 4.98 Å². The van der Waals surface area contributed by atoms with Gasteiger partial charge in [-0.3, -0.25) is 4.79 Å². The first-order valence-electron chi connectivity index (χ1n) is 7.69. The number of benzene rings is 2. The third-order valence-electron chi connectivity index (χ3n) is 4.01. The second kappa shape index (κ2) is 5.32. The summed E-state index contributed by atoms with van der Waals surface area (Å²) in [4.78, 5) is 17.9. The Kier molecular flexibility index (Phi) is 3.27. The monoisotopic (exact) mass is 320 g/mol. The number of rotatable bonds is 2. The summed E-state index contributed by atoms with van der Waals surface area (Å²) in [7, 11) is 0. The third-order valence-corrected chi connectivity index (χ3v) is 5.19. The summed E-state index contributed by atoms with van der Waals surface area (Å²) < 4.78 is 1.94. The van der Waals surface area contributed by atoms with Gasteiger partial charge < -0.3 is 5.32 Å². The van der Waals surface area contributed by atoms with Crippen LogP contribution in [0.2, 0.25) is 0 Å². The van der Waals surface area contributed by atoms with Crippen LogP contribution in [-0.4, -0.2) is 11.5 Å². The van der Waals surface area contributed by atoms with Gasteiger partial charge in [0.15, 0.2) is 5.43 Å². The van der Waals surface area contributed by atoms with Crippen molar-refractivity contribution in [1.29, 1.82) is 0 Å². The van der Waals surface area contributed by atoms with Gasteiger partial charge in [0.1, 0.15) is 5.82 Å². The Labute approximate surface area is 137 Å². The quantitative estimate of drug-likeness (QED) is 0.430. The van der Waals surface area contributed by atoms with E-state index in [1.165, 1.54) is 0 Å². The van der Waals surface area contributed by atoms with E-state index in [-0.39, 0.29) is 5.43 Å². The lowest BCUT2D eigenvalue weighted by Gasteiger charge is -2.10. The number of aryl methyl sites for hydroxylation is 1. The van der Waals surface area contributed by atoms with Gasteiger partial charge in [-0.15, -0.1) is 11.3 Å². The lowest BCUT2D eigenvalue weighted by Crippen LogP contribution is -2.06. The molecule has 0 amide bonds. The molecular formula is C19H16N2OS. The molecule has 23 heavy (non-hydrogen) atoms. The van der Waals surface area contributed by atoms with E-state index in [0.29, 0.717) is 0 Å². The lowest BCUT2D eigenvalue weighted by molar-refractivity contribution is 1.19. The topological polar surface area (TPSA) is 42.0 Å². The molecule has 0 unspecified atom stereocenters. The molecule has 0 saturated carbocycles.